The Labute approximate surface area is 124 Å². The second-order valence-electron chi connectivity index (χ2n) is 4.69. The predicted molar refractivity (Wildman–Crippen MR) is 81.6 cm³/mol. The van der Waals surface area contributed by atoms with Crippen LogP contribution in [0.3, 0.4) is 0 Å². The van der Waals surface area contributed by atoms with Crippen molar-refractivity contribution in [2.45, 2.75) is 26.9 Å². The molecule has 104 valence electrons. The van der Waals surface area contributed by atoms with Crippen LogP contribution in [0.5, 0.6) is 5.75 Å². The number of ether oxygens (including phenoxy) is 1. The van der Waals surface area contributed by atoms with Crippen molar-refractivity contribution in [3.8, 4) is 5.75 Å². The average Bonchev–Trinajstić information content (AvgIpc) is 2.46. The Kier molecular flexibility index (Phi) is 4.80. The molecule has 0 aliphatic heterocycles. The number of halogens is 1. The molecule has 0 aliphatic carbocycles. The summed E-state index contributed by atoms with van der Waals surface area (Å²) in [6, 6.07) is 13.2. The molecule has 0 amide bonds. The maximum atomic E-state index is 11.9. The van der Waals surface area contributed by atoms with E-state index in [9.17, 15) is 4.79 Å². The minimum atomic E-state index is 0.0970. The fourth-order valence-electron chi connectivity index (χ4n) is 1.92. The first kappa shape index (κ1) is 14.6. The average molecular weight is 289 g/mol. The summed E-state index contributed by atoms with van der Waals surface area (Å²) in [5.41, 5.74) is 2.73. The molecule has 0 unspecified atom stereocenters. The third-order valence-electron chi connectivity index (χ3n) is 3.06. The second-order valence-corrected chi connectivity index (χ2v) is 5.13. The quantitative estimate of drug-likeness (QED) is 0.737. The van der Waals surface area contributed by atoms with E-state index >= 15 is 0 Å². The van der Waals surface area contributed by atoms with Gasteiger partial charge in [-0.15, -0.1) is 0 Å². The molecule has 3 heteroatoms. The highest BCUT2D eigenvalue weighted by Gasteiger charge is 2.11. The summed E-state index contributed by atoms with van der Waals surface area (Å²) < 4.78 is 5.78. The SMILES string of the molecule is CCC(=O)c1cc(C)ccc1OCc1ccc(Cl)cc1. The molecule has 0 radical (unpaired) electrons. The third-order valence-corrected chi connectivity index (χ3v) is 3.32. The molecule has 0 saturated carbocycles. The Morgan fingerprint density at radius 2 is 1.85 bits per heavy atom. The van der Waals surface area contributed by atoms with Crippen molar-refractivity contribution >= 4 is 17.4 Å². The van der Waals surface area contributed by atoms with Gasteiger partial charge in [-0.25, -0.2) is 0 Å². The molecule has 2 nitrogen and oxygen atoms in total. The van der Waals surface area contributed by atoms with Gasteiger partial charge in [-0.05, 0) is 36.8 Å². The minimum Gasteiger partial charge on any atom is -0.488 e. The van der Waals surface area contributed by atoms with Gasteiger partial charge in [0.15, 0.2) is 5.78 Å². The smallest absolute Gasteiger partial charge is 0.166 e. The van der Waals surface area contributed by atoms with Gasteiger partial charge >= 0.3 is 0 Å². The van der Waals surface area contributed by atoms with Crippen molar-refractivity contribution in [3.05, 3.63) is 64.2 Å². The lowest BCUT2D eigenvalue weighted by atomic mass is 10.0. The van der Waals surface area contributed by atoms with Gasteiger partial charge in [-0.1, -0.05) is 42.3 Å². The fourth-order valence-corrected chi connectivity index (χ4v) is 2.05. The van der Waals surface area contributed by atoms with Crippen LogP contribution >= 0.6 is 11.6 Å². The number of rotatable bonds is 5. The van der Waals surface area contributed by atoms with Gasteiger partial charge < -0.3 is 4.74 Å². The molecular weight excluding hydrogens is 272 g/mol. The van der Waals surface area contributed by atoms with Crippen LogP contribution in [0.4, 0.5) is 0 Å². The Morgan fingerprint density at radius 1 is 1.15 bits per heavy atom. The van der Waals surface area contributed by atoms with Crippen LogP contribution in [0.15, 0.2) is 42.5 Å². The predicted octanol–water partition coefficient (Wildman–Crippen LogP) is 4.82. The van der Waals surface area contributed by atoms with Crippen LogP contribution in [0.1, 0.15) is 34.8 Å². The van der Waals surface area contributed by atoms with E-state index in [4.69, 9.17) is 16.3 Å². The highest BCUT2D eigenvalue weighted by Crippen LogP contribution is 2.23. The van der Waals surface area contributed by atoms with Crippen LogP contribution in [0.2, 0.25) is 5.02 Å². The third kappa shape index (κ3) is 3.61. The number of hydrogen-bond donors (Lipinski definition) is 0. The van der Waals surface area contributed by atoms with Crippen molar-refractivity contribution in [3.63, 3.8) is 0 Å². The summed E-state index contributed by atoms with van der Waals surface area (Å²) in [6.45, 7) is 4.24. The van der Waals surface area contributed by atoms with E-state index in [0.29, 0.717) is 29.4 Å². The Balaban J connectivity index is 2.16. The standard InChI is InChI=1S/C17H17ClO2/c1-3-16(19)15-10-12(2)4-9-17(15)20-11-13-5-7-14(18)8-6-13/h4-10H,3,11H2,1-2H3. The number of aryl methyl sites for hydroxylation is 1. The Bertz CT molecular complexity index is 603. The van der Waals surface area contributed by atoms with Crippen molar-refractivity contribution in [1.29, 1.82) is 0 Å². The number of benzene rings is 2. The van der Waals surface area contributed by atoms with Gasteiger partial charge in [0.2, 0.25) is 0 Å². The molecule has 0 fully saturated rings. The summed E-state index contributed by atoms with van der Waals surface area (Å²) in [5.74, 6) is 0.734. The molecule has 0 atom stereocenters. The summed E-state index contributed by atoms with van der Waals surface area (Å²) in [4.78, 5) is 11.9. The molecule has 0 aromatic heterocycles. The lowest BCUT2D eigenvalue weighted by Crippen LogP contribution is -2.04. The first-order chi connectivity index (χ1) is 9.60. The molecule has 0 bridgehead atoms. The number of carbonyl (C=O) groups is 1. The van der Waals surface area contributed by atoms with Gasteiger partial charge in [0, 0.05) is 11.4 Å². The Hall–Kier alpha value is -1.80. The monoisotopic (exact) mass is 288 g/mol. The van der Waals surface area contributed by atoms with Crippen molar-refractivity contribution in [2.24, 2.45) is 0 Å². The van der Waals surface area contributed by atoms with Gasteiger partial charge in [-0.3, -0.25) is 4.79 Å². The molecule has 0 aliphatic rings. The summed E-state index contributed by atoms with van der Waals surface area (Å²) in [6.07, 6.45) is 0.473. The van der Waals surface area contributed by atoms with E-state index in [2.05, 4.69) is 0 Å². The molecule has 2 aromatic carbocycles. The van der Waals surface area contributed by atoms with E-state index in [0.717, 1.165) is 11.1 Å². The number of carbonyl (C=O) groups excluding carboxylic acids is 1. The molecule has 0 spiro atoms. The molecule has 2 rings (SSSR count). The second kappa shape index (κ2) is 6.58. The number of hydrogen-bond acceptors (Lipinski definition) is 2. The van der Waals surface area contributed by atoms with E-state index in [-0.39, 0.29) is 5.78 Å². The topological polar surface area (TPSA) is 26.3 Å². The number of ketones is 1. The van der Waals surface area contributed by atoms with Crippen molar-refractivity contribution in [1.82, 2.24) is 0 Å². The first-order valence-electron chi connectivity index (χ1n) is 6.61. The largest absolute Gasteiger partial charge is 0.488 e. The van der Waals surface area contributed by atoms with Crippen LogP contribution in [0.25, 0.3) is 0 Å². The maximum Gasteiger partial charge on any atom is 0.166 e. The van der Waals surface area contributed by atoms with E-state index in [1.807, 2.05) is 56.3 Å². The van der Waals surface area contributed by atoms with Crippen molar-refractivity contribution < 1.29 is 9.53 Å². The van der Waals surface area contributed by atoms with E-state index in [1.165, 1.54) is 0 Å². The van der Waals surface area contributed by atoms with Gasteiger partial charge in [0.25, 0.3) is 0 Å². The molecule has 0 heterocycles. The van der Waals surface area contributed by atoms with Crippen LogP contribution in [-0.4, -0.2) is 5.78 Å². The van der Waals surface area contributed by atoms with Crippen LogP contribution < -0.4 is 4.74 Å². The normalized spacial score (nSPS) is 10.3. The summed E-state index contributed by atoms with van der Waals surface area (Å²) in [7, 11) is 0. The molecule has 0 N–H and O–H groups in total. The zero-order valence-corrected chi connectivity index (χ0v) is 12.4. The Morgan fingerprint density at radius 3 is 2.50 bits per heavy atom. The van der Waals surface area contributed by atoms with Crippen molar-refractivity contribution in [2.75, 3.05) is 0 Å². The molecular formula is C17H17ClO2. The lowest BCUT2D eigenvalue weighted by Gasteiger charge is -2.11. The minimum absolute atomic E-state index is 0.0970. The van der Waals surface area contributed by atoms with Gasteiger partial charge in [0.05, 0.1) is 5.56 Å². The zero-order valence-electron chi connectivity index (χ0n) is 11.7. The van der Waals surface area contributed by atoms with Gasteiger partial charge in [-0.2, -0.15) is 0 Å². The van der Waals surface area contributed by atoms with Crippen LogP contribution in [0, 0.1) is 6.92 Å². The highest BCUT2D eigenvalue weighted by atomic mass is 35.5. The van der Waals surface area contributed by atoms with Crippen LogP contribution in [-0.2, 0) is 6.61 Å². The fraction of sp³-hybridized carbons (Fsp3) is 0.235. The summed E-state index contributed by atoms with van der Waals surface area (Å²) >= 11 is 5.85. The molecule has 2 aromatic rings. The lowest BCUT2D eigenvalue weighted by molar-refractivity contribution is 0.0983. The molecule has 20 heavy (non-hydrogen) atoms. The summed E-state index contributed by atoms with van der Waals surface area (Å²) in [5, 5.41) is 0.700. The molecule has 0 saturated heterocycles. The number of Topliss-reactive ketones (excluding diaryl/α,β-unsaturated/α-hetero) is 1. The zero-order chi connectivity index (χ0) is 14.5. The maximum absolute atomic E-state index is 11.9. The van der Waals surface area contributed by atoms with E-state index in [1.54, 1.807) is 0 Å². The highest BCUT2D eigenvalue weighted by molar-refractivity contribution is 6.30. The first-order valence-corrected chi connectivity index (χ1v) is 6.99. The van der Waals surface area contributed by atoms with E-state index < -0.39 is 0 Å². The van der Waals surface area contributed by atoms with Gasteiger partial charge in [0.1, 0.15) is 12.4 Å².